The topological polar surface area (TPSA) is 114 Å². The van der Waals surface area contributed by atoms with Crippen molar-refractivity contribution in [3.8, 4) is 11.5 Å². The molecule has 0 spiro atoms. The van der Waals surface area contributed by atoms with Gasteiger partial charge in [0, 0.05) is 24.5 Å². The van der Waals surface area contributed by atoms with Crippen molar-refractivity contribution in [3.63, 3.8) is 0 Å². The summed E-state index contributed by atoms with van der Waals surface area (Å²) in [7, 11) is -0.500. The predicted molar refractivity (Wildman–Crippen MR) is 122 cm³/mol. The summed E-state index contributed by atoms with van der Waals surface area (Å²) >= 11 is 0. The minimum absolute atomic E-state index is 0.0344. The number of para-hydroxylation sites is 1. The quantitative estimate of drug-likeness (QED) is 0.600. The second kappa shape index (κ2) is 8.13. The summed E-state index contributed by atoms with van der Waals surface area (Å²) in [6.07, 6.45) is 1.53. The van der Waals surface area contributed by atoms with Crippen LogP contribution in [0.4, 0.5) is 32.3 Å². The van der Waals surface area contributed by atoms with Crippen LogP contribution in [0, 0.1) is 5.82 Å². The molecule has 0 saturated heterocycles. The van der Waals surface area contributed by atoms with Gasteiger partial charge in [0.05, 0.1) is 19.4 Å². The molecule has 1 aromatic heterocycles. The molecule has 3 heterocycles. The number of carbonyl (C=O) groups excluding carboxylic acids is 1. The van der Waals surface area contributed by atoms with Crippen LogP contribution in [0.3, 0.4) is 0 Å². The number of methoxy groups -OCH3 is 1. The number of halogens is 1. The number of nitrogens with zero attached hydrogens (tertiary/aromatic N) is 4. The van der Waals surface area contributed by atoms with Gasteiger partial charge in [0.2, 0.25) is 5.95 Å². The third-order valence-corrected chi connectivity index (χ3v) is 7.28. The number of anilines is 4. The van der Waals surface area contributed by atoms with Crippen LogP contribution in [0.25, 0.3) is 0 Å². The van der Waals surface area contributed by atoms with E-state index in [1.54, 1.807) is 18.2 Å². The van der Waals surface area contributed by atoms with Crippen molar-refractivity contribution in [3.05, 3.63) is 54.0 Å². The first kappa shape index (κ1) is 21.9. The molecule has 34 heavy (non-hydrogen) atoms. The van der Waals surface area contributed by atoms with Crippen LogP contribution in [-0.2, 0) is 16.4 Å². The molecule has 3 aromatic rings. The SMILES string of the molecule is COc1cccc(F)c1N1Cc2cnc(Nc3ccc4c(c3)S(=O)(=O)CCO4)nc2N(C)C1=O. The van der Waals surface area contributed by atoms with Crippen LogP contribution in [0.15, 0.2) is 47.5 Å². The van der Waals surface area contributed by atoms with Gasteiger partial charge in [-0.1, -0.05) is 6.07 Å². The minimum Gasteiger partial charge on any atom is -0.494 e. The normalized spacial score (nSPS) is 16.4. The van der Waals surface area contributed by atoms with E-state index in [-0.39, 0.29) is 41.2 Å². The number of urea groups is 1. The molecule has 5 rings (SSSR count). The Morgan fingerprint density at radius 2 is 2.06 bits per heavy atom. The number of benzene rings is 2. The molecule has 1 N–H and O–H groups in total. The maximum atomic E-state index is 14.6. The lowest BCUT2D eigenvalue weighted by molar-refractivity contribution is 0.250. The Morgan fingerprint density at radius 1 is 1.24 bits per heavy atom. The van der Waals surface area contributed by atoms with Gasteiger partial charge in [-0.25, -0.2) is 22.6 Å². The van der Waals surface area contributed by atoms with Crippen molar-refractivity contribution in [2.75, 3.05) is 41.6 Å². The van der Waals surface area contributed by atoms with Gasteiger partial charge in [0.1, 0.15) is 34.5 Å². The zero-order valence-corrected chi connectivity index (χ0v) is 19.1. The number of aromatic nitrogens is 2. The average molecular weight is 485 g/mol. The Balaban J connectivity index is 1.46. The number of rotatable bonds is 4. The highest BCUT2D eigenvalue weighted by atomic mass is 32.2. The lowest BCUT2D eigenvalue weighted by atomic mass is 10.2. The molecule has 0 radical (unpaired) electrons. The Bertz CT molecular complexity index is 1410. The van der Waals surface area contributed by atoms with Gasteiger partial charge in [-0.15, -0.1) is 0 Å². The van der Waals surface area contributed by atoms with E-state index >= 15 is 0 Å². The molecule has 0 saturated carbocycles. The summed E-state index contributed by atoms with van der Waals surface area (Å²) in [5, 5.41) is 2.97. The first-order chi connectivity index (χ1) is 16.3. The zero-order chi connectivity index (χ0) is 24.0. The van der Waals surface area contributed by atoms with Crippen LogP contribution in [0.5, 0.6) is 11.5 Å². The third kappa shape index (κ3) is 3.65. The number of carbonyl (C=O) groups is 1. The Hall–Kier alpha value is -3.93. The second-order valence-electron chi connectivity index (χ2n) is 7.71. The van der Waals surface area contributed by atoms with Crippen molar-refractivity contribution in [2.45, 2.75) is 11.4 Å². The molecule has 0 bridgehead atoms. The largest absolute Gasteiger partial charge is 0.494 e. The monoisotopic (exact) mass is 485 g/mol. The van der Waals surface area contributed by atoms with Gasteiger partial charge in [0.25, 0.3) is 0 Å². The fourth-order valence-corrected chi connectivity index (χ4v) is 5.18. The van der Waals surface area contributed by atoms with Crippen molar-refractivity contribution < 1.29 is 27.1 Å². The highest BCUT2D eigenvalue weighted by molar-refractivity contribution is 7.91. The highest BCUT2D eigenvalue weighted by Gasteiger charge is 2.34. The predicted octanol–water partition coefficient (Wildman–Crippen LogP) is 3.11. The maximum Gasteiger partial charge on any atom is 0.330 e. The molecule has 2 aromatic carbocycles. The van der Waals surface area contributed by atoms with Gasteiger partial charge in [-0.3, -0.25) is 9.80 Å². The number of hydrogen-bond acceptors (Lipinski definition) is 8. The molecular formula is C22H20FN5O5S. The lowest BCUT2D eigenvalue weighted by Gasteiger charge is -2.34. The molecule has 0 atom stereocenters. The minimum atomic E-state index is -3.43. The molecule has 176 valence electrons. The van der Waals surface area contributed by atoms with E-state index in [4.69, 9.17) is 9.47 Å². The highest BCUT2D eigenvalue weighted by Crippen LogP contribution is 2.37. The lowest BCUT2D eigenvalue weighted by Crippen LogP contribution is -2.46. The first-order valence-electron chi connectivity index (χ1n) is 10.3. The van der Waals surface area contributed by atoms with Crippen molar-refractivity contribution in [1.29, 1.82) is 0 Å². The fourth-order valence-electron chi connectivity index (χ4n) is 3.91. The smallest absolute Gasteiger partial charge is 0.330 e. The Morgan fingerprint density at radius 3 is 2.85 bits per heavy atom. The number of nitrogens with one attached hydrogen (secondary N) is 1. The standard InChI is InChI=1S/C22H20FN5O5S/c1-27-20-13(12-28(22(27)29)19-15(23)4-3-5-17(19)32-2)11-24-21(26-20)25-14-6-7-16-18(10-14)34(30,31)9-8-33-16/h3-7,10-11H,8-9,12H2,1-2H3,(H,24,25,26). The van der Waals surface area contributed by atoms with E-state index in [1.165, 1.54) is 48.4 Å². The maximum absolute atomic E-state index is 14.6. The molecule has 10 nitrogen and oxygen atoms in total. The Kier molecular flexibility index (Phi) is 5.24. The molecule has 12 heteroatoms. The molecule has 2 aliphatic rings. The van der Waals surface area contributed by atoms with Crippen molar-refractivity contribution in [2.24, 2.45) is 0 Å². The molecular weight excluding hydrogens is 465 g/mol. The molecule has 2 aliphatic heterocycles. The Labute approximate surface area is 194 Å². The average Bonchev–Trinajstić information content (AvgIpc) is 2.82. The number of amides is 2. The van der Waals surface area contributed by atoms with Gasteiger partial charge >= 0.3 is 6.03 Å². The number of fused-ring (bicyclic) bond motifs is 2. The second-order valence-corrected chi connectivity index (χ2v) is 9.79. The van der Waals surface area contributed by atoms with E-state index in [1.807, 2.05) is 0 Å². The fraction of sp³-hybridized carbons (Fsp3) is 0.227. The van der Waals surface area contributed by atoms with Crippen LogP contribution >= 0.6 is 0 Å². The number of hydrogen-bond donors (Lipinski definition) is 1. The molecule has 0 aliphatic carbocycles. The van der Waals surface area contributed by atoms with Crippen molar-refractivity contribution >= 4 is 39.0 Å². The van der Waals surface area contributed by atoms with E-state index in [2.05, 4.69) is 15.3 Å². The van der Waals surface area contributed by atoms with E-state index < -0.39 is 21.7 Å². The van der Waals surface area contributed by atoms with Crippen molar-refractivity contribution in [1.82, 2.24) is 9.97 Å². The van der Waals surface area contributed by atoms with Gasteiger partial charge in [0.15, 0.2) is 15.7 Å². The molecule has 0 unspecified atom stereocenters. The number of sulfone groups is 1. The van der Waals surface area contributed by atoms with Crippen LogP contribution in [0.2, 0.25) is 0 Å². The summed E-state index contributed by atoms with van der Waals surface area (Å²) in [6.45, 7) is 0.163. The van der Waals surface area contributed by atoms with Gasteiger partial charge in [-0.2, -0.15) is 4.98 Å². The summed E-state index contributed by atoms with van der Waals surface area (Å²) in [6, 6.07) is 8.54. The van der Waals surface area contributed by atoms with E-state index in [0.717, 1.165) is 0 Å². The van der Waals surface area contributed by atoms with Crippen LogP contribution in [-0.4, -0.2) is 50.9 Å². The summed E-state index contributed by atoms with van der Waals surface area (Å²) < 4.78 is 49.9. The summed E-state index contributed by atoms with van der Waals surface area (Å²) in [4.78, 5) is 24.5. The third-order valence-electron chi connectivity index (χ3n) is 5.59. The summed E-state index contributed by atoms with van der Waals surface area (Å²) in [5.74, 6) is 0.380. The van der Waals surface area contributed by atoms with Crippen LogP contribution in [0.1, 0.15) is 5.56 Å². The number of ether oxygens (including phenoxy) is 2. The molecule has 0 fully saturated rings. The summed E-state index contributed by atoms with van der Waals surface area (Å²) in [5.41, 5.74) is 1.09. The zero-order valence-electron chi connectivity index (χ0n) is 18.3. The molecule has 2 amide bonds. The van der Waals surface area contributed by atoms with E-state index in [9.17, 15) is 17.6 Å². The van der Waals surface area contributed by atoms with Crippen LogP contribution < -0.4 is 24.6 Å². The first-order valence-corrected chi connectivity index (χ1v) is 11.9. The van der Waals surface area contributed by atoms with E-state index in [0.29, 0.717) is 22.8 Å². The van der Waals surface area contributed by atoms with Gasteiger partial charge in [-0.05, 0) is 30.3 Å². The van der Waals surface area contributed by atoms with Gasteiger partial charge < -0.3 is 14.8 Å².